The zero-order valence-electron chi connectivity index (χ0n) is 14.5. The summed E-state index contributed by atoms with van der Waals surface area (Å²) in [6.07, 6.45) is 1.50. The van der Waals surface area contributed by atoms with Crippen molar-refractivity contribution >= 4 is 28.6 Å². The Morgan fingerprint density at radius 1 is 1.30 bits per heavy atom. The number of nitrogens with zero attached hydrogens (tertiary/aromatic N) is 2. The first-order chi connectivity index (χ1) is 13.0. The number of ether oxygens (including phenoxy) is 1. The summed E-state index contributed by atoms with van der Waals surface area (Å²) in [6.45, 7) is 2.00. The number of nitrogen functional groups attached to an aromatic ring is 1. The van der Waals surface area contributed by atoms with Gasteiger partial charge in [0, 0.05) is 5.56 Å². The molecule has 3 rings (SSSR count). The molecular weight excluding hydrogens is 367 g/mol. The Labute approximate surface area is 159 Å². The average Bonchev–Trinajstić information content (AvgIpc) is 3.00. The standard InChI is InChI=1S/C19H17FN4O2S/c1-12-17(27-19(21)23-12)18(25)24-22-10-14-4-2-3-5-16(14)26-11-13-6-8-15(20)9-7-13/h2-10H,11H2,1H3,(H2,21,23)(H,24,25)/b22-10+. The highest BCUT2D eigenvalue weighted by molar-refractivity contribution is 7.17. The monoisotopic (exact) mass is 384 g/mol. The van der Waals surface area contributed by atoms with Gasteiger partial charge < -0.3 is 10.5 Å². The van der Waals surface area contributed by atoms with Crippen molar-refractivity contribution in [1.29, 1.82) is 0 Å². The van der Waals surface area contributed by atoms with Crippen LogP contribution in [0.2, 0.25) is 0 Å². The smallest absolute Gasteiger partial charge is 0.283 e. The van der Waals surface area contributed by atoms with Crippen molar-refractivity contribution in [3.8, 4) is 5.75 Å². The van der Waals surface area contributed by atoms with Crippen LogP contribution in [0.3, 0.4) is 0 Å². The van der Waals surface area contributed by atoms with Gasteiger partial charge >= 0.3 is 0 Å². The highest BCUT2D eigenvalue weighted by Gasteiger charge is 2.13. The molecule has 0 bridgehead atoms. The van der Waals surface area contributed by atoms with Gasteiger partial charge in [-0.1, -0.05) is 35.6 Å². The van der Waals surface area contributed by atoms with Gasteiger partial charge in [-0.05, 0) is 36.8 Å². The van der Waals surface area contributed by atoms with Crippen LogP contribution in [0.5, 0.6) is 5.75 Å². The number of halogens is 1. The van der Waals surface area contributed by atoms with Crippen LogP contribution in [0, 0.1) is 12.7 Å². The Kier molecular flexibility index (Phi) is 5.77. The Morgan fingerprint density at radius 2 is 2.04 bits per heavy atom. The molecule has 0 saturated heterocycles. The zero-order chi connectivity index (χ0) is 19.2. The second-order valence-corrected chi connectivity index (χ2v) is 6.65. The number of carbonyl (C=O) groups excluding carboxylic acids is 1. The SMILES string of the molecule is Cc1nc(N)sc1C(=O)N/N=C/c1ccccc1OCc1ccc(F)cc1. The molecule has 3 N–H and O–H groups in total. The van der Waals surface area contributed by atoms with E-state index in [1.165, 1.54) is 18.3 Å². The Morgan fingerprint density at radius 3 is 2.74 bits per heavy atom. The van der Waals surface area contributed by atoms with Crippen molar-refractivity contribution in [3.05, 3.63) is 76.0 Å². The molecule has 0 aliphatic heterocycles. The first-order valence-electron chi connectivity index (χ1n) is 8.05. The lowest BCUT2D eigenvalue weighted by atomic mass is 10.2. The van der Waals surface area contributed by atoms with Gasteiger partial charge in [0.2, 0.25) is 0 Å². The summed E-state index contributed by atoms with van der Waals surface area (Å²) < 4.78 is 18.7. The lowest BCUT2D eigenvalue weighted by Gasteiger charge is -2.09. The first kappa shape index (κ1) is 18.5. The second kappa shape index (κ2) is 8.41. The van der Waals surface area contributed by atoms with E-state index in [9.17, 15) is 9.18 Å². The Balaban J connectivity index is 1.64. The number of aryl methyl sites for hydroxylation is 1. The van der Waals surface area contributed by atoms with Crippen molar-refractivity contribution in [2.75, 3.05) is 5.73 Å². The van der Waals surface area contributed by atoms with Gasteiger partial charge in [-0.25, -0.2) is 14.8 Å². The lowest BCUT2D eigenvalue weighted by Crippen LogP contribution is -2.17. The minimum Gasteiger partial charge on any atom is -0.488 e. The van der Waals surface area contributed by atoms with Gasteiger partial charge in [-0.3, -0.25) is 4.79 Å². The molecule has 2 aromatic carbocycles. The quantitative estimate of drug-likeness (QED) is 0.503. The van der Waals surface area contributed by atoms with Crippen molar-refractivity contribution in [1.82, 2.24) is 10.4 Å². The Hall–Kier alpha value is -3.26. The number of hydrogen-bond acceptors (Lipinski definition) is 6. The molecule has 138 valence electrons. The van der Waals surface area contributed by atoms with Gasteiger partial charge in [0.25, 0.3) is 5.91 Å². The molecule has 0 fully saturated rings. The summed E-state index contributed by atoms with van der Waals surface area (Å²) >= 11 is 1.11. The molecule has 1 heterocycles. The van der Waals surface area contributed by atoms with Crippen molar-refractivity contribution in [2.45, 2.75) is 13.5 Å². The fraction of sp³-hybridized carbons (Fsp3) is 0.105. The molecule has 0 radical (unpaired) electrons. The first-order valence-corrected chi connectivity index (χ1v) is 8.87. The van der Waals surface area contributed by atoms with Gasteiger partial charge in [-0.2, -0.15) is 5.10 Å². The summed E-state index contributed by atoms with van der Waals surface area (Å²) in [6, 6.07) is 13.4. The summed E-state index contributed by atoms with van der Waals surface area (Å²) in [5, 5.41) is 4.31. The van der Waals surface area contributed by atoms with E-state index < -0.39 is 0 Å². The Bertz CT molecular complexity index is 970. The number of nitrogens with two attached hydrogens (primary N) is 1. The third kappa shape index (κ3) is 4.89. The maximum absolute atomic E-state index is 13.0. The van der Waals surface area contributed by atoms with Gasteiger partial charge in [0.05, 0.1) is 11.9 Å². The van der Waals surface area contributed by atoms with E-state index in [1.54, 1.807) is 25.1 Å². The predicted molar refractivity (Wildman–Crippen MR) is 103 cm³/mol. The van der Waals surface area contributed by atoms with Crippen LogP contribution in [0.1, 0.15) is 26.5 Å². The molecule has 0 aliphatic carbocycles. The van der Waals surface area contributed by atoms with Gasteiger partial charge in [0.15, 0.2) is 5.13 Å². The van der Waals surface area contributed by atoms with Crippen LogP contribution < -0.4 is 15.9 Å². The molecule has 0 spiro atoms. The number of anilines is 1. The molecule has 0 saturated carbocycles. The van der Waals surface area contributed by atoms with E-state index in [2.05, 4.69) is 15.5 Å². The molecule has 0 unspecified atom stereocenters. The van der Waals surface area contributed by atoms with E-state index in [4.69, 9.17) is 10.5 Å². The predicted octanol–water partition coefficient (Wildman–Crippen LogP) is 3.52. The summed E-state index contributed by atoms with van der Waals surface area (Å²) in [7, 11) is 0. The number of thiazole rings is 1. The molecule has 0 aliphatic rings. The zero-order valence-corrected chi connectivity index (χ0v) is 15.3. The van der Waals surface area contributed by atoms with E-state index >= 15 is 0 Å². The number of benzene rings is 2. The van der Waals surface area contributed by atoms with Crippen LogP contribution in [0.15, 0.2) is 53.6 Å². The number of rotatable bonds is 6. The van der Waals surface area contributed by atoms with E-state index in [0.717, 1.165) is 16.9 Å². The molecule has 27 heavy (non-hydrogen) atoms. The third-order valence-corrected chi connectivity index (χ3v) is 4.60. The van der Waals surface area contributed by atoms with Gasteiger partial charge in [-0.15, -0.1) is 0 Å². The van der Waals surface area contributed by atoms with Crippen LogP contribution in [-0.2, 0) is 6.61 Å². The molecule has 0 atom stereocenters. The number of carbonyl (C=O) groups is 1. The number of hydrazone groups is 1. The third-order valence-electron chi connectivity index (χ3n) is 3.62. The van der Waals surface area contributed by atoms with E-state index in [1.807, 2.05) is 18.2 Å². The summed E-state index contributed by atoms with van der Waals surface area (Å²) in [5.41, 5.74) is 10.2. The number of amides is 1. The molecular formula is C19H17FN4O2S. The van der Waals surface area contributed by atoms with Crippen molar-refractivity contribution < 1.29 is 13.9 Å². The molecule has 6 nitrogen and oxygen atoms in total. The minimum absolute atomic E-state index is 0.289. The lowest BCUT2D eigenvalue weighted by molar-refractivity contribution is 0.0958. The van der Waals surface area contributed by atoms with Crippen molar-refractivity contribution in [3.63, 3.8) is 0 Å². The summed E-state index contributed by atoms with van der Waals surface area (Å²) in [5.74, 6) is -0.0688. The number of hydrogen-bond donors (Lipinski definition) is 2. The van der Waals surface area contributed by atoms with Crippen LogP contribution in [-0.4, -0.2) is 17.1 Å². The number of aromatic nitrogens is 1. The highest BCUT2D eigenvalue weighted by Crippen LogP contribution is 2.20. The highest BCUT2D eigenvalue weighted by atomic mass is 32.1. The van der Waals surface area contributed by atoms with Crippen LogP contribution in [0.4, 0.5) is 9.52 Å². The second-order valence-electron chi connectivity index (χ2n) is 5.62. The average molecular weight is 384 g/mol. The summed E-state index contributed by atoms with van der Waals surface area (Å²) in [4.78, 5) is 16.6. The minimum atomic E-state index is -0.373. The molecule has 8 heteroatoms. The van der Waals surface area contributed by atoms with Gasteiger partial charge in [0.1, 0.15) is 23.1 Å². The topological polar surface area (TPSA) is 89.6 Å². The molecule has 1 amide bonds. The number of para-hydroxylation sites is 1. The number of nitrogens with one attached hydrogen (secondary N) is 1. The van der Waals surface area contributed by atoms with Crippen LogP contribution >= 0.6 is 11.3 Å². The maximum atomic E-state index is 13.0. The molecule has 3 aromatic rings. The largest absolute Gasteiger partial charge is 0.488 e. The van der Waals surface area contributed by atoms with Crippen molar-refractivity contribution in [2.24, 2.45) is 5.10 Å². The van der Waals surface area contributed by atoms with E-state index in [0.29, 0.717) is 27.0 Å². The molecule has 1 aromatic heterocycles. The maximum Gasteiger partial charge on any atom is 0.283 e. The van der Waals surface area contributed by atoms with Crippen LogP contribution in [0.25, 0.3) is 0 Å². The fourth-order valence-electron chi connectivity index (χ4n) is 2.30. The van der Waals surface area contributed by atoms with E-state index in [-0.39, 0.29) is 18.3 Å². The fourth-order valence-corrected chi connectivity index (χ4v) is 3.02. The normalized spacial score (nSPS) is 10.9.